The molecule has 2 rings (SSSR count). The summed E-state index contributed by atoms with van der Waals surface area (Å²) in [4.78, 5) is 11.8. The maximum absolute atomic E-state index is 11.8. The van der Waals surface area contributed by atoms with Crippen LogP contribution in [0.15, 0.2) is 24.7 Å². The van der Waals surface area contributed by atoms with Crippen molar-refractivity contribution in [1.29, 1.82) is 0 Å². The van der Waals surface area contributed by atoms with Crippen LogP contribution >= 0.6 is 11.6 Å². The third-order valence-electron chi connectivity index (χ3n) is 2.14. The van der Waals surface area contributed by atoms with Gasteiger partial charge in [0.2, 0.25) is 0 Å². The summed E-state index contributed by atoms with van der Waals surface area (Å²) in [6.07, 6.45) is 4.91. The van der Waals surface area contributed by atoms with E-state index in [0.717, 1.165) is 0 Å². The number of halogens is 1. The van der Waals surface area contributed by atoms with Crippen molar-refractivity contribution < 1.29 is 9.53 Å². The summed E-state index contributed by atoms with van der Waals surface area (Å²) >= 11 is 5.77. The van der Waals surface area contributed by atoms with Gasteiger partial charge in [0.05, 0.1) is 11.2 Å². The first kappa shape index (κ1) is 13.6. The first-order chi connectivity index (χ1) is 8.83. The van der Waals surface area contributed by atoms with Crippen molar-refractivity contribution in [2.75, 3.05) is 0 Å². The van der Waals surface area contributed by atoms with Crippen LogP contribution in [0.2, 0.25) is 5.02 Å². The summed E-state index contributed by atoms with van der Waals surface area (Å²) in [6, 6.07) is 1.61. The smallest absolute Gasteiger partial charge is 0.359 e. The van der Waals surface area contributed by atoms with Crippen molar-refractivity contribution in [2.24, 2.45) is 0 Å². The van der Waals surface area contributed by atoms with Gasteiger partial charge in [0.25, 0.3) is 0 Å². The molecule has 0 spiro atoms. The van der Waals surface area contributed by atoms with Crippen molar-refractivity contribution in [3.63, 3.8) is 0 Å². The van der Waals surface area contributed by atoms with Crippen LogP contribution in [-0.2, 0) is 11.4 Å². The molecule has 2 heterocycles. The van der Waals surface area contributed by atoms with Gasteiger partial charge >= 0.3 is 5.97 Å². The van der Waals surface area contributed by atoms with Crippen LogP contribution in [0.1, 0.15) is 31.3 Å². The van der Waals surface area contributed by atoms with E-state index in [9.17, 15) is 4.79 Å². The molecule has 6 nitrogen and oxygen atoms in total. The quantitative estimate of drug-likeness (QED) is 0.810. The van der Waals surface area contributed by atoms with E-state index in [4.69, 9.17) is 16.3 Å². The number of carbonyl (C=O) groups is 1. The van der Waals surface area contributed by atoms with Gasteiger partial charge in [0, 0.05) is 12.4 Å². The molecule has 0 saturated heterocycles. The van der Waals surface area contributed by atoms with Gasteiger partial charge in [-0.2, -0.15) is 10.2 Å². The Bertz CT molecular complexity index is 583. The molecule has 0 unspecified atom stereocenters. The van der Waals surface area contributed by atoms with Crippen molar-refractivity contribution in [2.45, 2.75) is 33.0 Å². The molecule has 7 heteroatoms. The number of esters is 1. The van der Waals surface area contributed by atoms with E-state index >= 15 is 0 Å². The standard InChI is InChI=1S/C12H15ClN4O2/c1-12(2,3)19-11(18)10-4-5-16(15-10)8-17-7-9(13)6-14-17/h4-7H,8H2,1-3H3. The highest BCUT2D eigenvalue weighted by atomic mass is 35.5. The SMILES string of the molecule is CC(C)(C)OC(=O)c1ccn(Cn2cc(Cl)cn2)n1. The molecule has 0 N–H and O–H groups in total. The minimum absolute atomic E-state index is 0.271. The summed E-state index contributed by atoms with van der Waals surface area (Å²) in [5.74, 6) is -0.440. The van der Waals surface area contributed by atoms with Crippen LogP contribution in [0.3, 0.4) is 0 Å². The highest BCUT2D eigenvalue weighted by Gasteiger charge is 2.19. The van der Waals surface area contributed by atoms with E-state index in [1.54, 1.807) is 34.0 Å². The first-order valence-corrected chi connectivity index (χ1v) is 6.16. The Balaban J connectivity index is 2.05. The van der Waals surface area contributed by atoms with Gasteiger partial charge in [0.15, 0.2) is 5.69 Å². The molecule has 0 aliphatic rings. The van der Waals surface area contributed by atoms with E-state index in [1.807, 2.05) is 20.8 Å². The normalized spacial score (nSPS) is 11.6. The molecule has 0 aliphatic heterocycles. The van der Waals surface area contributed by atoms with Gasteiger partial charge in [-0.05, 0) is 26.8 Å². The van der Waals surface area contributed by atoms with Crippen LogP contribution in [0.4, 0.5) is 0 Å². The molecular weight excluding hydrogens is 268 g/mol. The van der Waals surface area contributed by atoms with E-state index in [-0.39, 0.29) is 5.69 Å². The molecule has 0 bridgehead atoms. The van der Waals surface area contributed by atoms with Crippen LogP contribution in [0.5, 0.6) is 0 Å². The summed E-state index contributed by atoms with van der Waals surface area (Å²) < 4.78 is 8.44. The Labute approximate surface area is 115 Å². The van der Waals surface area contributed by atoms with E-state index < -0.39 is 11.6 Å². The van der Waals surface area contributed by atoms with Crippen LogP contribution < -0.4 is 0 Å². The lowest BCUT2D eigenvalue weighted by Crippen LogP contribution is -2.24. The summed E-state index contributed by atoms with van der Waals surface area (Å²) in [6.45, 7) is 5.82. The average molecular weight is 283 g/mol. The van der Waals surface area contributed by atoms with Gasteiger partial charge < -0.3 is 4.74 Å². The van der Waals surface area contributed by atoms with Crippen LogP contribution in [-0.4, -0.2) is 31.1 Å². The summed E-state index contributed by atoms with van der Waals surface area (Å²) in [5.41, 5.74) is -0.260. The lowest BCUT2D eigenvalue weighted by molar-refractivity contribution is 0.00618. The molecule has 0 amide bonds. The number of hydrogen-bond acceptors (Lipinski definition) is 4. The van der Waals surface area contributed by atoms with Crippen molar-refractivity contribution in [1.82, 2.24) is 19.6 Å². The van der Waals surface area contributed by atoms with Crippen molar-refractivity contribution >= 4 is 17.6 Å². The topological polar surface area (TPSA) is 61.9 Å². The molecule has 102 valence electrons. The van der Waals surface area contributed by atoms with E-state index in [0.29, 0.717) is 11.7 Å². The first-order valence-electron chi connectivity index (χ1n) is 5.78. The zero-order valence-electron chi connectivity index (χ0n) is 11.0. The van der Waals surface area contributed by atoms with Crippen molar-refractivity contribution in [3.05, 3.63) is 35.4 Å². The maximum Gasteiger partial charge on any atom is 0.359 e. The molecule has 19 heavy (non-hydrogen) atoms. The number of ether oxygens (including phenoxy) is 1. The number of hydrogen-bond donors (Lipinski definition) is 0. The molecule has 0 aliphatic carbocycles. The number of carbonyl (C=O) groups excluding carboxylic acids is 1. The highest BCUT2D eigenvalue weighted by molar-refractivity contribution is 6.30. The Morgan fingerprint density at radius 1 is 1.42 bits per heavy atom. The Morgan fingerprint density at radius 2 is 2.16 bits per heavy atom. The second kappa shape index (κ2) is 5.05. The monoisotopic (exact) mass is 282 g/mol. The average Bonchev–Trinajstić information content (AvgIpc) is 2.86. The molecular formula is C12H15ClN4O2. The molecule has 2 aromatic rings. The van der Waals surface area contributed by atoms with Gasteiger partial charge in [-0.25, -0.2) is 9.48 Å². The molecule has 0 atom stereocenters. The molecule has 0 aromatic carbocycles. The summed E-state index contributed by atoms with van der Waals surface area (Å²) in [7, 11) is 0. The fourth-order valence-electron chi connectivity index (χ4n) is 1.44. The van der Waals surface area contributed by atoms with Gasteiger partial charge in [0.1, 0.15) is 12.3 Å². The third-order valence-corrected chi connectivity index (χ3v) is 2.34. The molecule has 0 radical (unpaired) electrons. The zero-order valence-corrected chi connectivity index (χ0v) is 11.8. The molecule has 2 aromatic heterocycles. The van der Waals surface area contributed by atoms with Crippen LogP contribution in [0.25, 0.3) is 0 Å². The van der Waals surface area contributed by atoms with Gasteiger partial charge in [-0.3, -0.25) is 4.68 Å². The Kier molecular flexibility index (Phi) is 3.61. The minimum atomic E-state index is -0.531. The fraction of sp³-hybridized carbons (Fsp3) is 0.417. The Hall–Kier alpha value is -1.82. The minimum Gasteiger partial charge on any atom is -0.455 e. The fourth-order valence-corrected chi connectivity index (χ4v) is 1.60. The van der Waals surface area contributed by atoms with Crippen molar-refractivity contribution in [3.8, 4) is 0 Å². The maximum atomic E-state index is 11.8. The number of nitrogens with zero attached hydrogens (tertiary/aromatic N) is 4. The molecule has 0 saturated carbocycles. The number of rotatable bonds is 3. The van der Waals surface area contributed by atoms with E-state index in [1.165, 1.54) is 0 Å². The van der Waals surface area contributed by atoms with Gasteiger partial charge in [-0.1, -0.05) is 11.6 Å². The van der Waals surface area contributed by atoms with Gasteiger partial charge in [-0.15, -0.1) is 0 Å². The lowest BCUT2D eigenvalue weighted by Gasteiger charge is -2.18. The lowest BCUT2D eigenvalue weighted by atomic mass is 10.2. The predicted octanol–water partition coefficient (Wildman–Crippen LogP) is 2.19. The largest absolute Gasteiger partial charge is 0.455 e. The summed E-state index contributed by atoms with van der Waals surface area (Å²) in [5, 5.41) is 8.72. The van der Waals surface area contributed by atoms with Crippen LogP contribution in [0, 0.1) is 0 Å². The van der Waals surface area contributed by atoms with E-state index in [2.05, 4.69) is 10.2 Å². The predicted molar refractivity (Wildman–Crippen MR) is 70.0 cm³/mol. The Morgan fingerprint density at radius 3 is 2.74 bits per heavy atom. The second-order valence-electron chi connectivity index (χ2n) is 5.08. The zero-order chi connectivity index (χ0) is 14.0. The highest BCUT2D eigenvalue weighted by Crippen LogP contribution is 2.11. The second-order valence-corrected chi connectivity index (χ2v) is 5.52. The third kappa shape index (κ3) is 3.82. The number of aromatic nitrogens is 4. The molecule has 0 fully saturated rings.